The van der Waals surface area contributed by atoms with E-state index in [4.69, 9.17) is 29.6 Å². The zero-order valence-electron chi connectivity index (χ0n) is 10.6. The number of nitrogens with two attached hydrogens (primary N) is 1. The highest BCUT2D eigenvalue weighted by atomic mass is 35.5. The fourth-order valence-corrected chi connectivity index (χ4v) is 2.06. The Morgan fingerprint density at radius 3 is 2.43 bits per heavy atom. The number of ether oxygens (including phenoxy) is 1. The Balaban J connectivity index is 2.22. The zero-order valence-corrected chi connectivity index (χ0v) is 12.2. The lowest BCUT2D eigenvalue weighted by atomic mass is 10.1. The average Bonchev–Trinajstić information content (AvgIpc) is 2.40. The van der Waals surface area contributed by atoms with Crippen molar-refractivity contribution < 1.29 is 13.5 Å². The third kappa shape index (κ3) is 4.27. The molecular formula is C14H11ClF2N2OS. The Hall–Kier alpha value is -1.92. The largest absolute Gasteiger partial charge is 0.435 e. The highest BCUT2D eigenvalue weighted by Crippen LogP contribution is 2.26. The van der Waals surface area contributed by atoms with Crippen molar-refractivity contribution in [1.29, 1.82) is 0 Å². The summed E-state index contributed by atoms with van der Waals surface area (Å²) in [4.78, 5) is 0.229. The smallest absolute Gasteiger partial charge is 0.387 e. The molecule has 0 unspecified atom stereocenters. The SMILES string of the molecule is NC(=S)c1ccc(Cl)cc1Nc1ccc(OC(F)F)cc1. The van der Waals surface area contributed by atoms with E-state index in [1.807, 2.05) is 0 Å². The van der Waals surface area contributed by atoms with Gasteiger partial charge in [0.2, 0.25) is 0 Å². The summed E-state index contributed by atoms with van der Waals surface area (Å²) in [6.45, 7) is -2.85. The topological polar surface area (TPSA) is 47.3 Å². The van der Waals surface area contributed by atoms with Crippen LogP contribution >= 0.6 is 23.8 Å². The summed E-state index contributed by atoms with van der Waals surface area (Å²) in [5, 5.41) is 3.60. The van der Waals surface area contributed by atoms with Crippen molar-refractivity contribution in [2.75, 3.05) is 5.32 Å². The highest BCUT2D eigenvalue weighted by Gasteiger charge is 2.08. The van der Waals surface area contributed by atoms with Gasteiger partial charge in [0.05, 0.1) is 5.69 Å². The van der Waals surface area contributed by atoms with E-state index in [0.29, 0.717) is 22.0 Å². The third-order valence-electron chi connectivity index (χ3n) is 2.61. The minimum atomic E-state index is -2.85. The summed E-state index contributed by atoms with van der Waals surface area (Å²) >= 11 is 10.9. The van der Waals surface area contributed by atoms with Crippen LogP contribution in [0.4, 0.5) is 20.2 Å². The summed E-state index contributed by atoms with van der Waals surface area (Å²) in [6, 6.07) is 11.1. The van der Waals surface area contributed by atoms with Crippen LogP contribution in [0.15, 0.2) is 42.5 Å². The van der Waals surface area contributed by atoms with Gasteiger partial charge in [-0.3, -0.25) is 0 Å². The summed E-state index contributed by atoms with van der Waals surface area (Å²) < 4.78 is 28.4. The van der Waals surface area contributed by atoms with Crippen LogP contribution in [0.1, 0.15) is 5.56 Å². The van der Waals surface area contributed by atoms with E-state index in [-0.39, 0.29) is 10.7 Å². The van der Waals surface area contributed by atoms with Crippen LogP contribution < -0.4 is 15.8 Å². The van der Waals surface area contributed by atoms with Crippen LogP contribution in [0.3, 0.4) is 0 Å². The van der Waals surface area contributed by atoms with Crippen LogP contribution in [0.2, 0.25) is 5.02 Å². The van der Waals surface area contributed by atoms with Gasteiger partial charge in [0.25, 0.3) is 0 Å². The van der Waals surface area contributed by atoms with E-state index >= 15 is 0 Å². The Morgan fingerprint density at radius 1 is 1.19 bits per heavy atom. The molecule has 3 N–H and O–H groups in total. The maximum Gasteiger partial charge on any atom is 0.387 e. The quantitative estimate of drug-likeness (QED) is 0.802. The molecule has 0 atom stereocenters. The monoisotopic (exact) mass is 328 g/mol. The average molecular weight is 329 g/mol. The van der Waals surface area contributed by atoms with Crippen LogP contribution in [0.25, 0.3) is 0 Å². The van der Waals surface area contributed by atoms with Gasteiger partial charge in [-0.15, -0.1) is 0 Å². The third-order valence-corrected chi connectivity index (χ3v) is 3.06. The Kier molecular flexibility index (Phi) is 4.93. The molecule has 0 saturated heterocycles. The van der Waals surface area contributed by atoms with Crippen LogP contribution in [0, 0.1) is 0 Å². The lowest BCUT2D eigenvalue weighted by molar-refractivity contribution is -0.0498. The molecule has 2 aromatic rings. The van der Waals surface area contributed by atoms with Crippen molar-refractivity contribution in [3.05, 3.63) is 53.1 Å². The molecule has 0 aromatic heterocycles. The second kappa shape index (κ2) is 6.69. The Labute approximate surface area is 130 Å². The molecule has 0 amide bonds. The molecular weight excluding hydrogens is 318 g/mol. The van der Waals surface area contributed by atoms with Crippen molar-refractivity contribution in [3.63, 3.8) is 0 Å². The van der Waals surface area contributed by atoms with Crippen molar-refractivity contribution in [2.45, 2.75) is 6.61 Å². The first-order chi connectivity index (χ1) is 9.95. The summed E-state index contributed by atoms with van der Waals surface area (Å²) in [7, 11) is 0. The van der Waals surface area contributed by atoms with Gasteiger partial charge < -0.3 is 15.8 Å². The number of hydrogen-bond donors (Lipinski definition) is 2. The maximum atomic E-state index is 12.1. The molecule has 0 bridgehead atoms. The molecule has 0 radical (unpaired) electrons. The molecule has 2 aromatic carbocycles. The Morgan fingerprint density at radius 2 is 1.86 bits per heavy atom. The van der Waals surface area contributed by atoms with E-state index in [0.717, 1.165) is 0 Å². The number of halogens is 3. The van der Waals surface area contributed by atoms with E-state index in [1.165, 1.54) is 12.1 Å². The standard InChI is InChI=1S/C14H11ClF2N2OS/c15-8-1-6-11(13(18)21)12(7-8)19-9-2-4-10(5-3-9)20-14(16)17/h1-7,14,19H,(H2,18,21). The molecule has 0 fully saturated rings. The number of anilines is 2. The molecule has 110 valence electrons. The van der Waals surface area contributed by atoms with Gasteiger partial charge in [0.15, 0.2) is 0 Å². The molecule has 21 heavy (non-hydrogen) atoms. The molecule has 7 heteroatoms. The number of benzene rings is 2. The fourth-order valence-electron chi connectivity index (χ4n) is 1.71. The molecule has 0 aliphatic carbocycles. The number of hydrogen-bond acceptors (Lipinski definition) is 3. The minimum absolute atomic E-state index is 0.0798. The molecule has 0 aliphatic heterocycles. The van der Waals surface area contributed by atoms with Gasteiger partial charge in [-0.2, -0.15) is 8.78 Å². The second-order valence-electron chi connectivity index (χ2n) is 4.08. The predicted molar refractivity (Wildman–Crippen MR) is 83.7 cm³/mol. The van der Waals surface area contributed by atoms with Crippen molar-refractivity contribution >= 4 is 40.2 Å². The van der Waals surface area contributed by atoms with E-state index in [1.54, 1.807) is 30.3 Å². The van der Waals surface area contributed by atoms with E-state index in [2.05, 4.69) is 10.1 Å². The second-order valence-corrected chi connectivity index (χ2v) is 4.96. The van der Waals surface area contributed by atoms with Gasteiger partial charge in [0, 0.05) is 16.3 Å². The van der Waals surface area contributed by atoms with Crippen molar-refractivity contribution in [2.24, 2.45) is 5.73 Å². The highest BCUT2D eigenvalue weighted by molar-refractivity contribution is 7.80. The predicted octanol–water partition coefficient (Wildman–Crippen LogP) is 4.32. The minimum Gasteiger partial charge on any atom is -0.435 e. The lowest BCUT2D eigenvalue weighted by Gasteiger charge is -2.12. The first-order valence-corrected chi connectivity index (χ1v) is 6.65. The first-order valence-electron chi connectivity index (χ1n) is 5.87. The molecule has 3 nitrogen and oxygen atoms in total. The van der Waals surface area contributed by atoms with Crippen LogP contribution in [-0.2, 0) is 0 Å². The molecule has 0 heterocycles. The number of nitrogens with one attached hydrogen (secondary N) is 1. The summed E-state index contributed by atoms with van der Waals surface area (Å²) in [5.41, 5.74) is 7.58. The van der Waals surface area contributed by atoms with Crippen LogP contribution in [-0.4, -0.2) is 11.6 Å². The van der Waals surface area contributed by atoms with E-state index in [9.17, 15) is 8.78 Å². The van der Waals surface area contributed by atoms with Crippen molar-refractivity contribution in [1.82, 2.24) is 0 Å². The maximum absolute atomic E-state index is 12.1. The van der Waals surface area contributed by atoms with Gasteiger partial charge in [0.1, 0.15) is 10.7 Å². The molecule has 0 saturated carbocycles. The number of thiocarbonyl (C=S) groups is 1. The first kappa shape index (κ1) is 15.5. The van der Waals surface area contributed by atoms with Crippen molar-refractivity contribution in [3.8, 4) is 5.75 Å². The zero-order chi connectivity index (χ0) is 15.4. The molecule has 0 aliphatic rings. The number of alkyl halides is 2. The van der Waals surface area contributed by atoms with Gasteiger partial charge in [-0.05, 0) is 42.5 Å². The van der Waals surface area contributed by atoms with Gasteiger partial charge in [-0.25, -0.2) is 0 Å². The van der Waals surface area contributed by atoms with E-state index < -0.39 is 6.61 Å². The Bertz CT molecular complexity index is 650. The van der Waals surface area contributed by atoms with Crippen LogP contribution in [0.5, 0.6) is 5.75 Å². The number of rotatable bonds is 5. The van der Waals surface area contributed by atoms with Gasteiger partial charge >= 0.3 is 6.61 Å². The summed E-state index contributed by atoms with van der Waals surface area (Å²) in [5.74, 6) is 0.0798. The molecule has 2 rings (SSSR count). The fraction of sp³-hybridized carbons (Fsp3) is 0.0714. The van der Waals surface area contributed by atoms with Gasteiger partial charge in [-0.1, -0.05) is 23.8 Å². The normalized spacial score (nSPS) is 10.5. The molecule has 0 spiro atoms. The summed E-state index contributed by atoms with van der Waals surface area (Å²) in [6.07, 6.45) is 0. The lowest BCUT2D eigenvalue weighted by Crippen LogP contribution is -2.11.